The molecule has 1 aromatic heterocycles. The Kier molecular flexibility index (Phi) is 6.03. The molecular formula is C24H15BrN2O2S. The van der Waals surface area contributed by atoms with E-state index in [4.69, 9.17) is 4.42 Å². The molecule has 0 aliphatic heterocycles. The molecule has 0 atom stereocenters. The first-order chi connectivity index (χ1) is 14.6. The maximum absolute atomic E-state index is 12.6. The molecule has 3 aromatic carbocycles. The monoisotopic (exact) mass is 474 g/mol. The van der Waals surface area contributed by atoms with Crippen molar-refractivity contribution in [3.8, 4) is 6.07 Å². The number of nitrogens with one attached hydrogen (secondary N) is 1. The Morgan fingerprint density at radius 3 is 2.50 bits per heavy atom. The van der Waals surface area contributed by atoms with E-state index in [1.165, 1.54) is 17.8 Å². The molecule has 0 saturated carbocycles. The number of benzene rings is 3. The third kappa shape index (κ3) is 4.65. The Hall–Kier alpha value is -3.27. The minimum atomic E-state index is -0.488. The normalized spacial score (nSPS) is 11.3. The SMILES string of the molecule is N#C/C(=C/c1cc(Br)c(Sc2ccccc2)o1)C(=O)Nc1ccc2ccccc2c1. The third-order valence-corrected chi connectivity index (χ3v) is 6.14. The number of amides is 1. The van der Waals surface area contributed by atoms with Gasteiger partial charge in [0.05, 0.1) is 4.47 Å². The van der Waals surface area contributed by atoms with Gasteiger partial charge in [-0.25, -0.2) is 0 Å². The van der Waals surface area contributed by atoms with Crippen molar-refractivity contribution in [2.24, 2.45) is 0 Å². The zero-order valence-electron chi connectivity index (χ0n) is 15.6. The van der Waals surface area contributed by atoms with E-state index in [0.717, 1.165) is 20.1 Å². The van der Waals surface area contributed by atoms with Gasteiger partial charge in [0.2, 0.25) is 0 Å². The molecule has 6 heteroatoms. The van der Waals surface area contributed by atoms with Crippen molar-refractivity contribution in [2.45, 2.75) is 9.99 Å². The number of halogens is 1. The van der Waals surface area contributed by atoms with Crippen LogP contribution < -0.4 is 5.32 Å². The van der Waals surface area contributed by atoms with E-state index in [0.29, 0.717) is 16.5 Å². The highest BCUT2D eigenvalue weighted by atomic mass is 79.9. The van der Waals surface area contributed by atoms with E-state index >= 15 is 0 Å². The number of furan rings is 1. The van der Waals surface area contributed by atoms with Gasteiger partial charge >= 0.3 is 0 Å². The highest BCUT2D eigenvalue weighted by molar-refractivity contribution is 9.10. The molecule has 0 bridgehead atoms. The number of carbonyl (C=O) groups is 1. The van der Waals surface area contributed by atoms with E-state index in [-0.39, 0.29) is 5.57 Å². The van der Waals surface area contributed by atoms with Crippen LogP contribution in [0.25, 0.3) is 16.8 Å². The maximum Gasteiger partial charge on any atom is 0.266 e. The van der Waals surface area contributed by atoms with Crippen LogP contribution in [0, 0.1) is 11.3 Å². The van der Waals surface area contributed by atoms with Gasteiger partial charge in [-0.05, 0) is 57.0 Å². The topological polar surface area (TPSA) is 66.0 Å². The summed E-state index contributed by atoms with van der Waals surface area (Å²) in [6, 6.07) is 27.0. The zero-order valence-corrected chi connectivity index (χ0v) is 18.0. The summed E-state index contributed by atoms with van der Waals surface area (Å²) in [4.78, 5) is 13.6. The lowest BCUT2D eigenvalue weighted by Crippen LogP contribution is -2.13. The fourth-order valence-electron chi connectivity index (χ4n) is 2.86. The molecule has 0 saturated heterocycles. The average molecular weight is 475 g/mol. The van der Waals surface area contributed by atoms with Gasteiger partial charge in [0.25, 0.3) is 5.91 Å². The first-order valence-electron chi connectivity index (χ1n) is 9.06. The Bertz CT molecular complexity index is 1290. The number of anilines is 1. The van der Waals surface area contributed by atoms with E-state index < -0.39 is 5.91 Å². The Morgan fingerprint density at radius 1 is 1.00 bits per heavy atom. The van der Waals surface area contributed by atoms with Gasteiger partial charge in [-0.3, -0.25) is 4.79 Å². The molecule has 1 amide bonds. The van der Waals surface area contributed by atoms with Crippen LogP contribution in [-0.4, -0.2) is 5.91 Å². The predicted octanol–water partition coefficient (Wildman–Crippen LogP) is 6.89. The summed E-state index contributed by atoms with van der Waals surface area (Å²) in [6.45, 7) is 0. The second kappa shape index (κ2) is 9.04. The van der Waals surface area contributed by atoms with Crippen molar-refractivity contribution >= 4 is 56.1 Å². The quantitative estimate of drug-likeness (QED) is 0.252. The van der Waals surface area contributed by atoms with Gasteiger partial charge in [0, 0.05) is 16.7 Å². The standard InChI is InChI=1S/C24H15BrN2O2S/c25-22-14-20(29-24(22)30-21-8-2-1-3-9-21)13-18(15-26)23(28)27-19-11-10-16-6-4-5-7-17(16)12-19/h1-14H,(H,27,28)/b18-13-. The van der Waals surface area contributed by atoms with Crippen LogP contribution in [0.3, 0.4) is 0 Å². The molecule has 0 fully saturated rings. The summed E-state index contributed by atoms with van der Waals surface area (Å²) in [6.07, 6.45) is 1.44. The molecule has 1 N–H and O–H groups in total. The molecule has 0 unspecified atom stereocenters. The second-order valence-corrected chi connectivity index (χ2v) is 8.29. The summed E-state index contributed by atoms with van der Waals surface area (Å²) in [7, 11) is 0. The van der Waals surface area contributed by atoms with Crippen molar-refractivity contribution in [1.29, 1.82) is 5.26 Å². The number of carbonyl (C=O) groups excluding carboxylic acids is 1. The highest BCUT2D eigenvalue weighted by Crippen LogP contribution is 2.36. The lowest BCUT2D eigenvalue weighted by Gasteiger charge is -2.05. The van der Waals surface area contributed by atoms with Crippen LogP contribution >= 0.6 is 27.7 Å². The summed E-state index contributed by atoms with van der Waals surface area (Å²) < 4.78 is 6.58. The summed E-state index contributed by atoms with van der Waals surface area (Å²) in [5.74, 6) is -0.0666. The number of rotatable bonds is 5. The molecule has 0 spiro atoms. The molecule has 146 valence electrons. The van der Waals surface area contributed by atoms with Gasteiger partial charge < -0.3 is 9.73 Å². The first-order valence-corrected chi connectivity index (χ1v) is 10.7. The molecule has 1 heterocycles. The van der Waals surface area contributed by atoms with E-state index in [2.05, 4.69) is 21.2 Å². The van der Waals surface area contributed by atoms with Crippen LogP contribution in [0.15, 0.2) is 103 Å². The molecular weight excluding hydrogens is 460 g/mol. The van der Waals surface area contributed by atoms with Gasteiger partial charge in [-0.2, -0.15) is 5.26 Å². The number of hydrogen-bond donors (Lipinski definition) is 1. The van der Waals surface area contributed by atoms with E-state index in [1.807, 2.05) is 78.9 Å². The van der Waals surface area contributed by atoms with Crippen LogP contribution in [0.1, 0.15) is 5.76 Å². The highest BCUT2D eigenvalue weighted by Gasteiger charge is 2.14. The third-order valence-electron chi connectivity index (χ3n) is 4.29. The minimum absolute atomic E-state index is 0.0410. The molecule has 4 aromatic rings. The Balaban J connectivity index is 1.53. The van der Waals surface area contributed by atoms with Gasteiger partial charge in [0.1, 0.15) is 17.4 Å². The molecule has 4 rings (SSSR count). The minimum Gasteiger partial charge on any atom is -0.449 e. The second-order valence-electron chi connectivity index (χ2n) is 6.39. The Labute approximate surface area is 186 Å². The fraction of sp³-hybridized carbons (Fsp3) is 0. The number of hydrogen-bond acceptors (Lipinski definition) is 4. The molecule has 0 aliphatic carbocycles. The van der Waals surface area contributed by atoms with Crippen molar-refractivity contribution in [2.75, 3.05) is 5.32 Å². The number of nitriles is 1. The van der Waals surface area contributed by atoms with Crippen molar-refractivity contribution in [3.05, 3.63) is 94.7 Å². The molecule has 0 aliphatic rings. The molecule has 0 radical (unpaired) electrons. The first kappa shape index (κ1) is 20.0. The largest absolute Gasteiger partial charge is 0.449 e. The lowest BCUT2D eigenvalue weighted by molar-refractivity contribution is -0.112. The van der Waals surface area contributed by atoms with Crippen LogP contribution in [0.4, 0.5) is 5.69 Å². The number of fused-ring (bicyclic) bond motifs is 1. The molecule has 4 nitrogen and oxygen atoms in total. The lowest BCUT2D eigenvalue weighted by atomic mass is 10.1. The average Bonchev–Trinajstić information content (AvgIpc) is 3.11. The summed E-state index contributed by atoms with van der Waals surface area (Å²) >= 11 is 4.93. The smallest absolute Gasteiger partial charge is 0.266 e. The number of nitrogens with zero attached hydrogens (tertiary/aromatic N) is 1. The van der Waals surface area contributed by atoms with Crippen molar-refractivity contribution in [3.63, 3.8) is 0 Å². The predicted molar refractivity (Wildman–Crippen MR) is 123 cm³/mol. The van der Waals surface area contributed by atoms with Gasteiger partial charge in [-0.15, -0.1) is 0 Å². The fourth-order valence-corrected chi connectivity index (χ4v) is 4.21. The van der Waals surface area contributed by atoms with E-state index in [1.54, 1.807) is 6.07 Å². The zero-order chi connectivity index (χ0) is 20.9. The van der Waals surface area contributed by atoms with Crippen LogP contribution in [-0.2, 0) is 4.79 Å². The molecule has 30 heavy (non-hydrogen) atoms. The van der Waals surface area contributed by atoms with Crippen LogP contribution in [0.2, 0.25) is 0 Å². The van der Waals surface area contributed by atoms with Gasteiger partial charge in [-0.1, -0.05) is 60.3 Å². The summed E-state index contributed by atoms with van der Waals surface area (Å²) in [5, 5.41) is 15.0. The maximum atomic E-state index is 12.6. The van der Waals surface area contributed by atoms with Crippen LogP contribution in [0.5, 0.6) is 0 Å². The Morgan fingerprint density at radius 2 is 1.73 bits per heavy atom. The van der Waals surface area contributed by atoms with Crippen molar-refractivity contribution < 1.29 is 9.21 Å². The summed E-state index contributed by atoms with van der Waals surface area (Å²) in [5.41, 5.74) is 0.585. The van der Waals surface area contributed by atoms with Gasteiger partial charge in [0.15, 0.2) is 5.09 Å². The van der Waals surface area contributed by atoms with Crippen molar-refractivity contribution in [1.82, 2.24) is 0 Å². The van der Waals surface area contributed by atoms with E-state index in [9.17, 15) is 10.1 Å².